The molecule has 0 saturated carbocycles. The van der Waals surface area contributed by atoms with Crippen LogP contribution in [0.3, 0.4) is 0 Å². The molecule has 2 aromatic rings. The van der Waals surface area contributed by atoms with Crippen molar-refractivity contribution in [2.24, 2.45) is 5.92 Å². The maximum absolute atomic E-state index is 12.9. The van der Waals surface area contributed by atoms with E-state index < -0.39 is 0 Å². The largest absolute Gasteiger partial charge is 0.347 e. The van der Waals surface area contributed by atoms with E-state index in [1.54, 1.807) is 6.33 Å². The number of amides is 1. The van der Waals surface area contributed by atoms with E-state index in [1.807, 2.05) is 17.2 Å². The van der Waals surface area contributed by atoms with Gasteiger partial charge in [0.25, 0.3) is 0 Å². The molecule has 2 heterocycles. The van der Waals surface area contributed by atoms with Gasteiger partial charge in [-0.15, -0.1) is 0 Å². The summed E-state index contributed by atoms with van der Waals surface area (Å²) in [5, 5.41) is 0. The zero-order valence-corrected chi connectivity index (χ0v) is 15.6. The van der Waals surface area contributed by atoms with E-state index >= 15 is 0 Å². The topological polar surface area (TPSA) is 52.2 Å². The molecule has 0 spiro atoms. The number of benzene rings is 1. The summed E-state index contributed by atoms with van der Waals surface area (Å²) in [6.07, 6.45) is 4.61. The van der Waals surface area contributed by atoms with Crippen LogP contribution in [-0.4, -0.2) is 39.9 Å². The van der Waals surface area contributed by atoms with Crippen LogP contribution in [0.4, 0.5) is 5.69 Å². The molecule has 0 aliphatic carbocycles. The van der Waals surface area contributed by atoms with Crippen molar-refractivity contribution < 1.29 is 4.79 Å². The van der Waals surface area contributed by atoms with Gasteiger partial charge in [-0.25, -0.2) is 4.98 Å². The Labute approximate surface area is 150 Å². The first-order valence-electron chi connectivity index (χ1n) is 9.03. The number of anilines is 1. The van der Waals surface area contributed by atoms with Crippen LogP contribution in [-0.2, 0) is 11.3 Å². The second-order valence-corrected chi connectivity index (χ2v) is 7.49. The smallest absolute Gasteiger partial charge is 0.241 e. The Bertz CT molecular complexity index is 723. The number of nitrogens with zero attached hydrogens (tertiary/aromatic N) is 3. The summed E-state index contributed by atoms with van der Waals surface area (Å²) in [5.74, 6) is 0.760. The van der Waals surface area contributed by atoms with Gasteiger partial charge in [-0.3, -0.25) is 9.69 Å². The molecule has 1 aromatic heterocycles. The van der Waals surface area contributed by atoms with Crippen molar-refractivity contribution in [2.45, 2.75) is 46.7 Å². The lowest BCUT2D eigenvalue weighted by atomic mass is 9.98. The maximum Gasteiger partial charge on any atom is 0.241 e. The third-order valence-corrected chi connectivity index (χ3v) is 5.09. The van der Waals surface area contributed by atoms with Crippen LogP contribution in [0, 0.1) is 19.8 Å². The molecule has 1 aliphatic heterocycles. The zero-order chi connectivity index (χ0) is 18.0. The minimum absolute atomic E-state index is 0.174. The highest BCUT2D eigenvalue weighted by atomic mass is 16.2. The number of hydrogen-bond acceptors (Lipinski definition) is 3. The lowest BCUT2D eigenvalue weighted by Crippen LogP contribution is -2.56. The van der Waals surface area contributed by atoms with Gasteiger partial charge in [0.15, 0.2) is 0 Å². The molecule has 1 aromatic carbocycles. The number of piperazine rings is 1. The van der Waals surface area contributed by atoms with Gasteiger partial charge in [0.05, 0.1) is 12.9 Å². The normalized spacial score (nSPS) is 19.0. The van der Waals surface area contributed by atoms with Crippen LogP contribution in [0.25, 0.3) is 0 Å². The summed E-state index contributed by atoms with van der Waals surface area (Å²) in [7, 11) is 0. The molecule has 1 saturated heterocycles. The monoisotopic (exact) mass is 340 g/mol. The fourth-order valence-electron chi connectivity index (χ4n) is 3.62. The van der Waals surface area contributed by atoms with Crippen LogP contribution >= 0.6 is 0 Å². The Morgan fingerprint density at radius 2 is 2.12 bits per heavy atom. The SMILES string of the molecule is Cc1cccc(N2CC(CC(C)C)N(Cc3cnc[nH]3)CC2=O)c1C. The number of H-pyrrole nitrogens is 1. The predicted molar refractivity (Wildman–Crippen MR) is 101 cm³/mol. The van der Waals surface area contributed by atoms with Crippen molar-refractivity contribution in [1.82, 2.24) is 14.9 Å². The molecule has 25 heavy (non-hydrogen) atoms. The van der Waals surface area contributed by atoms with Crippen molar-refractivity contribution in [3.05, 3.63) is 47.5 Å². The lowest BCUT2D eigenvalue weighted by molar-refractivity contribution is -0.123. The fraction of sp³-hybridized carbons (Fsp3) is 0.500. The van der Waals surface area contributed by atoms with Gasteiger partial charge < -0.3 is 9.88 Å². The molecule has 1 atom stereocenters. The second kappa shape index (κ2) is 7.40. The number of imidazole rings is 1. The molecule has 5 heteroatoms. The molecule has 0 radical (unpaired) electrons. The summed E-state index contributed by atoms with van der Waals surface area (Å²) in [5.41, 5.74) is 4.54. The molecule has 0 bridgehead atoms. The van der Waals surface area contributed by atoms with Gasteiger partial charge >= 0.3 is 0 Å². The Morgan fingerprint density at radius 1 is 1.32 bits per heavy atom. The number of aromatic amines is 1. The Hall–Kier alpha value is -2.14. The lowest BCUT2D eigenvalue weighted by Gasteiger charge is -2.42. The Morgan fingerprint density at radius 3 is 2.80 bits per heavy atom. The maximum atomic E-state index is 12.9. The molecule has 5 nitrogen and oxygen atoms in total. The minimum atomic E-state index is 0.174. The van der Waals surface area contributed by atoms with Crippen molar-refractivity contribution in [1.29, 1.82) is 0 Å². The predicted octanol–water partition coefficient (Wildman–Crippen LogP) is 3.29. The van der Waals surface area contributed by atoms with Gasteiger partial charge in [0, 0.05) is 36.7 Å². The van der Waals surface area contributed by atoms with E-state index in [9.17, 15) is 4.79 Å². The molecule has 134 valence electrons. The summed E-state index contributed by atoms with van der Waals surface area (Å²) >= 11 is 0. The first-order valence-corrected chi connectivity index (χ1v) is 9.03. The van der Waals surface area contributed by atoms with Crippen molar-refractivity contribution in [3.8, 4) is 0 Å². The summed E-state index contributed by atoms with van der Waals surface area (Å²) in [4.78, 5) is 24.4. The van der Waals surface area contributed by atoms with Gasteiger partial charge in [0.2, 0.25) is 5.91 Å². The molecule has 1 N–H and O–H groups in total. The molecule has 1 unspecified atom stereocenters. The molecule has 1 amide bonds. The fourth-order valence-corrected chi connectivity index (χ4v) is 3.62. The van der Waals surface area contributed by atoms with Crippen molar-refractivity contribution in [2.75, 3.05) is 18.0 Å². The Kier molecular flexibility index (Phi) is 5.23. The summed E-state index contributed by atoms with van der Waals surface area (Å²) < 4.78 is 0. The number of carbonyl (C=O) groups is 1. The summed E-state index contributed by atoms with van der Waals surface area (Å²) in [6.45, 7) is 10.6. The average molecular weight is 340 g/mol. The van der Waals surface area contributed by atoms with Crippen LogP contribution in [0.2, 0.25) is 0 Å². The average Bonchev–Trinajstić information content (AvgIpc) is 3.05. The van der Waals surface area contributed by atoms with E-state index in [2.05, 4.69) is 54.7 Å². The molecular formula is C20H28N4O. The van der Waals surface area contributed by atoms with Gasteiger partial charge in [-0.05, 0) is 43.4 Å². The molecular weight excluding hydrogens is 312 g/mol. The highest BCUT2D eigenvalue weighted by Gasteiger charge is 2.33. The van der Waals surface area contributed by atoms with E-state index in [-0.39, 0.29) is 5.91 Å². The number of aromatic nitrogens is 2. The highest BCUT2D eigenvalue weighted by molar-refractivity contribution is 5.96. The van der Waals surface area contributed by atoms with Crippen LogP contribution in [0.5, 0.6) is 0 Å². The quantitative estimate of drug-likeness (QED) is 0.909. The number of rotatable bonds is 5. The standard InChI is InChI=1S/C20H28N4O/c1-14(2)8-18-11-24(19-7-5-6-15(3)16(19)4)20(25)12-23(18)10-17-9-21-13-22-17/h5-7,9,13-14,18H,8,10-12H2,1-4H3,(H,21,22). The number of nitrogens with one attached hydrogen (secondary N) is 1. The number of carbonyl (C=O) groups excluding carboxylic acids is 1. The van der Waals surface area contributed by atoms with Crippen LogP contribution < -0.4 is 4.90 Å². The van der Waals surface area contributed by atoms with Gasteiger partial charge in [-0.1, -0.05) is 26.0 Å². The van der Waals surface area contributed by atoms with E-state index in [0.29, 0.717) is 18.5 Å². The molecule has 1 fully saturated rings. The number of aryl methyl sites for hydroxylation is 1. The zero-order valence-electron chi connectivity index (χ0n) is 15.6. The Balaban J connectivity index is 1.84. The first kappa shape index (κ1) is 17.7. The van der Waals surface area contributed by atoms with E-state index in [1.165, 1.54) is 11.1 Å². The van der Waals surface area contributed by atoms with E-state index in [0.717, 1.165) is 30.9 Å². The van der Waals surface area contributed by atoms with Crippen LogP contribution in [0.15, 0.2) is 30.7 Å². The third-order valence-electron chi connectivity index (χ3n) is 5.09. The number of hydrogen-bond donors (Lipinski definition) is 1. The van der Waals surface area contributed by atoms with Gasteiger partial charge in [0.1, 0.15) is 0 Å². The van der Waals surface area contributed by atoms with E-state index in [4.69, 9.17) is 0 Å². The summed E-state index contributed by atoms with van der Waals surface area (Å²) in [6, 6.07) is 6.56. The third kappa shape index (κ3) is 3.93. The first-order chi connectivity index (χ1) is 12.0. The van der Waals surface area contributed by atoms with Crippen LogP contribution in [0.1, 0.15) is 37.1 Å². The molecule has 3 rings (SSSR count). The minimum Gasteiger partial charge on any atom is -0.347 e. The highest BCUT2D eigenvalue weighted by Crippen LogP contribution is 2.28. The van der Waals surface area contributed by atoms with Gasteiger partial charge in [-0.2, -0.15) is 0 Å². The second-order valence-electron chi connectivity index (χ2n) is 7.49. The van der Waals surface area contributed by atoms with Crippen molar-refractivity contribution in [3.63, 3.8) is 0 Å². The van der Waals surface area contributed by atoms with Crippen molar-refractivity contribution >= 4 is 11.6 Å². The molecule has 1 aliphatic rings.